The summed E-state index contributed by atoms with van der Waals surface area (Å²) in [5.41, 5.74) is 2.43. The zero-order valence-corrected chi connectivity index (χ0v) is 14.8. The lowest BCUT2D eigenvalue weighted by atomic mass is 9.97. The average Bonchev–Trinajstić information content (AvgIpc) is 2.60. The van der Waals surface area contributed by atoms with Crippen LogP contribution in [0.2, 0.25) is 0 Å². The van der Waals surface area contributed by atoms with Gasteiger partial charge in [-0.1, -0.05) is 42.0 Å². The van der Waals surface area contributed by atoms with Crippen molar-refractivity contribution in [3.05, 3.63) is 47.5 Å². The molecule has 1 aromatic carbocycles. The summed E-state index contributed by atoms with van der Waals surface area (Å²) in [5, 5.41) is 2.78. The summed E-state index contributed by atoms with van der Waals surface area (Å²) in [4.78, 5) is 26.3. The molecule has 0 atom stereocenters. The molecule has 0 radical (unpaired) electrons. The van der Waals surface area contributed by atoms with Crippen LogP contribution < -0.4 is 5.32 Å². The molecule has 1 N–H and O–H groups in total. The number of carbonyl (C=O) groups is 2. The summed E-state index contributed by atoms with van der Waals surface area (Å²) in [5.74, 6) is -0.956. The minimum Gasteiger partial charge on any atom is -0.348 e. The van der Waals surface area contributed by atoms with Gasteiger partial charge in [0.05, 0.1) is 0 Å². The second-order valence-corrected chi connectivity index (χ2v) is 6.63. The van der Waals surface area contributed by atoms with Crippen molar-refractivity contribution in [2.75, 3.05) is 6.54 Å². The van der Waals surface area contributed by atoms with Crippen molar-refractivity contribution < 1.29 is 9.59 Å². The number of carbonyl (C=O) groups excluding carboxylic acids is 2. The molecule has 130 valence electrons. The zero-order valence-electron chi connectivity index (χ0n) is 14.8. The van der Waals surface area contributed by atoms with Gasteiger partial charge < -0.3 is 10.2 Å². The van der Waals surface area contributed by atoms with Gasteiger partial charge in [0.25, 0.3) is 0 Å². The van der Waals surface area contributed by atoms with Crippen LogP contribution >= 0.6 is 0 Å². The quantitative estimate of drug-likeness (QED) is 0.642. The molecule has 1 aliphatic carbocycles. The first-order valence-corrected chi connectivity index (χ1v) is 8.88. The second kappa shape index (κ2) is 9.26. The van der Waals surface area contributed by atoms with Crippen molar-refractivity contribution in [2.45, 2.75) is 58.5 Å². The van der Waals surface area contributed by atoms with Crippen LogP contribution in [0.25, 0.3) is 0 Å². The molecule has 0 fully saturated rings. The highest BCUT2D eigenvalue weighted by molar-refractivity contribution is 6.35. The van der Waals surface area contributed by atoms with Gasteiger partial charge in [0.15, 0.2) is 0 Å². The van der Waals surface area contributed by atoms with Gasteiger partial charge in [-0.3, -0.25) is 9.59 Å². The number of allylic oxidation sites excluding steroid dienone is 1. The molecular formula is C20H28N2O2. The van der Waals surface area contributed by atoms with Crippen molar-refractivity contribution >= 4 is 11.8 Å². The fourth-order valence-electron chi connectivity index (χ4n) is 2.94. The first-order valence-electron chi connectivity index (χ1n) is 8.88. The van der Waals surface area contributed by atoms with E-state index in [4.69, 9.17) is 0 Å². The van der Waals surface area contributed by atoms with Crippen molar-refractivity contribution in [3.8, 4) is 0 Å². The van der Waals surface area contributed by atoms with E-state index >= 15 is 0 Å². The minimum absolute atomic E-state index is 0.0236. The minimum atomic E-state index is -0.504. The summed E-state index contributed by atoms with van der Waals surface area (Å²) >= 11 is 0. The standard InChI is InChI=1S/C20H28N2O2/c1-16(2)22(15-18-11-7-4-8-12-18)20(24)19(23)21-14-13-17-9-5-3-6-10-17/h4,7-9,11-12,16H,3,5-6,10,13-15H2,1-2H3,(H,21,23). The fraction of sp³-hybridized carbons (Fsp3) is 0.500. The third-order valence-electron chi connectivity index (χ3n) is 4.39. The summed E-state index contributed by atoms with van der Waals surface area (Å²) in [6, 6.07) is 9.74. The van der Waals surface area contributed by atoms with E-state index in [0.717, 1.165) is 24.8 Å². The number of nitrogens with one attached hydrogen (secondary N) is 1. The Labute approximate surface area is 144 Å². The second-order valence-electron chi connectivity index (χ2n) is 6.63. The summed E-state index contributed by atoms with van der Waals surface area (Å²) in [6.07, 6.45) is 7.87. The number of amides is 2. The predicted octanol–water partition coefficient (Wildman–Crippen LogP) is 3.43. The number of benzene rings is 1. The van der Waals surface area contributed by atoms with E-state index in [0.29, 0.717) is 13.1 Å². The molecule has 0 aliphatic heterocycles. The molecule has 0 unspecified atom stereocenters. The highest BCUT2D eigenvalue weighted by atomic mass is 16.2. The molecule has 1 aromatic rings. The molecule has 0 saturated carbocycles. The molecule has 0 heterocycles. The molecule has 2 rings (SSSR count). The Balaban J connectivity index is 1.86. The van der Waals surface area contributed by atoms with Crippen LogP contribution in [0.15, 0.2) is 42.0 Å². The molecule has 0 saturated heterocycles. The van der Waals surface area contributed by atoms with Gasteiger partial charge in [0, 0.05) is 19.1 Å². The molecule has 2 amide bonds. The molecular weight excluding hydrogens is 300 g/mol. The molecule has 4 heteroatoms. The normalized spacial score (nSPS) is 14.2. The fourth-order valence-corrected chi connectivity index (χ4v) is 2.94. The third kappa shape index (κ3) is 5.52. The average molecular weight is 328 g/mol. The molecule has 0 bridgehead atoms. The Kier molecular flexibility index (Phi) is 7.04. The van der Waals surface area contributed by atoms with Crippen molar-refractivity contribution in [2.24, 2.45) is 0 Å². The van der Waals surface area contributed by atoms with E-state index in [2.05, 4.69) is 11.4 Å². The maximum absolute atomic E-state index is 12.5. The van der Waals surface area contributed by atoms with E-state index in [9.17, 15) is 9.59 Å². The van der Waals surface area contributed by atoms with E-state index in [1.807, 2.05) is 44.2 Å². The van der Waals surface area contributed by atoms with Crippen molar-refractivity contribution in [1.29, 1.82) is 0 Å². The predicted molar refractivity (Wildman–Crippen MR) is 96.3 cm³/mol. The highest BCUT2D eigenvalue weighted by Gasteiger charge is 2.24. The monoisotopic (exact) mass is 328 g/mol. The van der Waals surface area contributed by atoms with E-state index in [1.165, 1.54) is 18.4 Å². The first-order chi connectivity index (χ1) is 11.6. The van der Waals surface area contributed by atoms with Crippen molar-refractivity contribution in [3.63, 3.8) is 0 Å². The Bertz CT molecular complexity index is 579. The maximum Gasteiger partial charge on any atom is 0.312 e. The number of hydrogen-bond acceptors (Lipinski definition) is 2. The Hall–Kier alpha value is -2.10. The van der Waals surface area contributed by atoms with Crippen LogP contribution in [0.4, 0.5) is 0 Å². The van der Waals surface area contributed by atoms with Gasteiger partial charge in [-0.15, -0.1) is 0 Å². The van der Waals surface area contributed by atoms with Crippen LogP contribution in [0.5, 0.6) is 0 Å². The van der Waals surface area contributed by atoms with Crippen LogP contribution in [0.1, 0.15) is 51.5 Å². The van der Waals surface area contributed by atoms with Crippen LogP contribution in [-0.4, -0.2) is 29.3 Å². The van der Waals surface area contributed by atoms with Gasteiger partial charge in [-0.2, -0.15) is 0 Å². The van der Waals surface area contributed by atoms with E-state index in [-0.39, 0.29) is 6.04 Å². The topological polar surface area (TPSA) is 49.4 Å². The van der Waals surface area contributed by atoms with Gasteiger partial charge in [0.2, 0.25) is 0 Å². The molecule has 1 aliphatic rings. The van der Waals surface area contributed by atoms with Crippen LogP contribution in [0.3, 0.4) is 0 Å². The maximum atomic E-state index is 12.5. The Morgan fingerprint density at radius 3 is 2.54 bits per heavy atom. The lowest BCUT2D eigenvalue weighted by Crippen LogP contribution is -2.46. The summed E-state index contributed by atoms with van der Waals surface area (Å²) in [7, 11) is 0. The smallest absolute Gasteiger partial charge is 0.312 e. The van der Waals surface area contributed by atoms with Gasteiger partial charge in [0.1, 0.15) is 0 Å². The summed E-state index contributed by atoms with van der Waals surface area (Å²) < 4.78 is 0. The van der Waals surface area contributed by atoms with Gasteiger partial charge in [-0.05, 0) is 51.5 Å². The van der Waals surface area contributed by atoms with Crippen LogP contribution in [0, 0.1) is 0 Å². The van der Waals surface area contributed by atoms with E-state index in [1.54, 1.807) is 4.90 Å². The lowest BCUT2D eigenvalue weighted by molar-refractivity contribution is -0.147. The Morgan fingerprint density at radius 1 is 1.17 bits per heavy atom. The third-order valence-corrected chi connectivity index (χ3v) is 4.39. The number of rotatable bonds is 6. The first kappa shape index (κ1) is 18.2. The van der Waals surface area contributed by atoms with Crippen LogP contribution in [-0.2, 0) is 16.1 Å². The van der Waals surface area contributed by atoms with Crippen molar-refractivity contribution in [1.82, 2.24) is 10.2 Å². The molecule has 24 heavy (non-hydrogen) atoms. The Morgan fingerprint density at radius 2 is 1.92 bits per heavy atom. The SMILES string of the molecule is CC(C)N(Cc1ccccc1)C(=O)C(=O)NCCC1=CCCCC1. The summed E-state index contributed by atoms with van der Waals surface area (Å²) in [6.45, 7) is 4.85. The molecule has 0 spiro atoms. The molecule has 0 aromatic heterocycles. The largest absolute Gasteiger partial charge is 0.348 e. The van der Waals surface area contributed by atoms with Gasteiger partial charge >= 0.3 is 11.8 Å². The molecule has 4 nitrogen and oxygen atoms in total. The zero-order chi connectivity index (χ0) is 17.4. The van der Waals surface area contributed by atoms with Gasteiger partial charge in [-0.25, -0.2) is 0 Å². The lowest BCUT2D eigenvalue weighted by Gasteiger charge is -2.26. The highest BCUT2D eigenvalue weighted by Crippen LogP contribution is 2.19. The van der Waals surface area contributed by atoms with E-state index < -0.39 is 11.8 Å². The number of hydrogen-bond donors (Lipinski definition) is 1. The number of nitrogens with zero attached hydrogens (tertiary/aromatic N) is 1.